The first-order valence-electron chi connectivity index (χ1n) is 8.80. The second kappa shape index (κ2) is 19.1. The molecule has 160 valence electrons. The second-order valence-electron chi connectivity index (χ2n) is 5.64. The third-order valence-electron chi connectivity index (χ3n) is 3.20. The molecular weight excluding hydrogens is 408 g/mol. The van der Waals surface area contributed by atoms with E-state index >= 15 is 0 Å². The van der Waals surface area contributed by atoms with Gasteiger partial charge in [0.2, 0.25) is 0 Å². The van der Waals surface area contributed by atoms with Gasteiger partial charge in [0.25, 0.3) is 0 Å². The highest BCUT2D eigenvalue weighted by Crippen LogP contribution is 1.97. The lowest BCUT2D eigenvalue weighted by Gasteiger charge is -1.83. The molecule has 0 aromatic heterocycles. The van der Waals surface area contributed by atoms with Gasteiger partial charge in [-0.05, 0) is 48.5 Å². The summed E-state index contributed by atoms with van der Waals surface area (Å²) in [7, 11) is 0. The van der Waals surface area contributed by atoms with Crippen LogP contribution in [0, 0.1) is 0 Å². The maximum Gasteiger partial charge on any atom is 0.0313 e. The van der Waals surface area contributed by atoms with Crippen molar-refractivity contribution in [3.63, 3.8) is 0 Å². The SMILES string of the molecule is Nc1ccccc1.Nc1ccccc1.Nc1ccccc1.Nc1ccccc1.S.S. The van der Waals surface area contributed by atoms with E-state index in [0.29, 0.717) is 0 Å². The molecule has 0 atom stereocenters. The molecule has 4 aromatic rings. The molecule has 8 N–H and O–H groups in total. The molecule has 0 fully saturated rings. The number of rotatable bonds is 0. The number of hydrogen-bond donors (Lipinski definition) is 4. The van der Waals surface area contributed by atoms with Crippen LogP contribution in [0.25, 0.3) is 0 Å². The van der Waals surface area contributed by atoms with Crippen molar-refractivity contribution in [2.24, 2.45) is 0 Å². The Labute approximate surface area is 193 Å². The average molecular weight is 441 g/mol. The fourth-order valence-electron chi connectivity index (χ4n) is 1.81. The summed E-state index contributed by atoms with van der Waals surface area (Å²) in [6.07, 6.45) is 0. The van der Waals surface area contributed by atoms with Gasteiger partial charge in [-0.15, -0.1) is 0 Å². The summed E-state index contributed by atoms with van der Waals surface area (Å²) in [4.78, 5) is 0. The molecule has 0 heterocycles. The Morgan fingerprint density at radius 1 is 0.267 bits per heavy atom. The first kappa shape index (κ1) is 29.0. The summed E-state index contributed by atoms with van der Waals surface area (Å²) in [6.45, 7) is 0. The van der Waals surface area contributed by atoms with Crippen LogP contribution in [-0.2, 0) is 0 Å². The zero-order valence-electron chi connectivity index (χ0n) is 16.9. The van der Waals surface area contributed by atoms with Gasteiger partial charge in [0.15, 0.2) is 0 Å². The Kier molecular flexibility index (Phi) is 18.5. The number of benzene rings is 4. The van der Waals surface area contributed by atoms with Crippen molar-refractivity contribution in [1.82, 2.24) is 0 Å². The van der Waals surface area contributed by atoms with Gasteiger partial charge in [-0.25, -0.2) is 0 Å². The van der Waals surface area contributed by atoms with Crippen molar-refractivity contribution >= 4 is 49.7 Å². The van der Waals surface area contributed by atoms with Gasteiger partial charge < -0.3 is 22.9 Å². The number of anilines is 4. The number of para-hydroxylation sites is 4. The van der Waals surface area contributed by atoms with E-state index in [1.54, 1.807) is 0 Å². The minimum Gasteiger partial charge on any atom is -0.399 e. The van der Waals surface area contributed by atoms with Gasteiger partial charge in [0.05, 0.1) is 0 Å². The van der Waals surface area contributed by atoms with Gasteiger partial charge in [-0.1, -0.05) is 72.8 Å². The largest absolute Gasteiger partial charge is 0.399 e. The van der Waals surface area contributed by atoms with E-state index in [2.05, 4.69) is 0 Å². The molecular formula is C24H32N4S2. The molecule has 4 aromatic carbocycles. The fourth-order valence-corrected chi connectivity index (χ4v) is 1.81. The first-order valence-corrected chi connectivity index (χ1v) is 8.80. The zero-order chi connectivity index (χ0) is 20.5. The molecule has 0 unspecified atom stereocenters. The fraction of sp³-hybridized carbons (Fsp3) is 0. The minimum atomic E-state index is 0. The van der Waals surface area contributed by atoms with E-state index in [1.165, 1.54) is 0 Å². The average Bonchev–Trinajstić information content (AvgIpc) is 2.72. The summed E-state index contributed by atoms with van der Waals surface area (Å²) in [5, 5.41) is 0. The number of hydrogen-bond acceptors (Lipinski definition) is 4. The maximum atomic E-state index is 5.36. The molecule has 0 saturated carbocycles. The van der Waals surface area contributed by atoms with Crippen molar-refractivity contribution in [1.29, 1.82) is 0 Å². The lowest BCUT2D eigenvalue weighted by Crippen LogP contribution is -1.79. The van der Waals surface area contributed by atoms with Crippen molar-refractivity contribution in [3.8, 4) is 0 Å². The van der Waals surface area contributed by atoms with Crippen LogP contribution in [0.15, 0.2) is 121 Å². The quantitative estimate of drug-likeness (QED) is 0.278. The predicted molar refractivity (Wildman–Crippen MR) is 144 cm³/mol. The molecule has 30 heavy (non-hydrogen) atoms. The van der Waals surface area contributed by atoms with Crippen molar-refractivity contribution in [2.75, 3.05) is 22.9 Å². The third kappa shape index (κ3) is 16.9. The van der Waals surface area contributed by atoms with Crippen molar-refractivity contribution in [2.45, 2.75) is 0 Å². The molecule has 0 bridgehead atoms. The van der Waals surface area contributed by atoms with Gasteiger partial charge >= 0.3 is 0 Å². The third-order valence-corrected chi connectivity index (χ3v) is 3.20. The molecule has 4 nitrogen and oxygen atoms in total. The number of nitrogens with two attached hydrogens (primary N) is 4. The molecule has 0 radical (unpaired) electrons. The van der Waals surface area contributed by atoms with Crippen molar-refractivity contribution < 1.29 is 0 Å². The summed E-state index contributed by atoms with van der Waals surface area (Å²) < 4.78 is 0. The van der Waals surface area contributed by atoms with Crippen LogP contribution in [0.4, 0.5) is 22.7 Å². The molecule has 0 saturated heterocycles. The van der Waals surface area contributed by atoms with E-state index < -0.39 is 0 Å². The maximum absolute atomic E-state index is 5.36. The molecule has 0 aliphatic rings. The van der Waals surface area contributed by atoms with Gasteiger partial charge in [0, 0.05) is 22.7 Å². The van der Waals surface area contributed by atoms with E-state index in [0.717, 1.165) is 22.7 Å². The summed E-state index contributed by atoms with van der Waals surface area (Å²) in [5.41, 5.74) is 24.7. The van der Waals surface area contributed by atoms with Crippen LogP contribution in [0.2, 0.25) is 0 Å². The predicted octanol–water partition coefficient (Wildman–Crippen LogP) is 5.30. The highest BCUT2D eigenvalue weighted by molar-refractivity contribution is 7.59. The molecule has 4 rings (SSSR count). The standard InChI is InChI=1S/4C6H7N.2H2S/c4*7-6-4-2-1-3-5-6;;/h4*1-5H,7H2;2*1H2. The van der Waals surface area contributed by atoms with Crippen LogP contribution < -0.4 is 22.9 Å². The topological polar surface area (TPSA) is 104 Å². The Morgan fingerprint density at radius 2 is 0.400 bits per heavy atom. The van der Waals surface area contributed by atoms with Crippen LogP contribution in [0.5, 0.6) is 0 Å². The Hall–Kier alpha value is -3.22. The smallest absolute Gasteiger partial charge is 0.0313 e. The molecule has 0 aliphatic carbocycles. The van der Waals surface area contributed by atoms with E-state index in [1.807, 2.05) is 121 Å². The number of nitrogen functional groups attached to an aromatic ring is 4. The summed E-state index contributed by atoms with van der Waals surface area (Å²) in [5.74, 6) is 0. The monoisotopic (exact) mass is 440 g/mol. The molecule has 0 spiro atoms. The van der Waals surface area contributed by atoms with Crippen LogP contribution in [0.3, 0.4) is 0 Å². The Balaban J connectivity index is 0. The van der Waals surface area contributed by atoms with Gasteiger partial charge in [-0.2, -0.15) is 27.0 Å². The van der Waals surface area contributed by atoms with Crippen LogP contribution in [0.1, 0.15) is 0 Å². The Bertz CT molecular complexity index is 697. The lowest BCUT2D eigenvalue weighted by molar-refractivity contribution is 1.69. The highest BCUT2D eigenvalue weighted by atomic mass is 32.1. The molecule has 0 aliphatic heterocycles. The first-order chi connectivity index (χ1) is 13.6. The molecule has 0 amide bonds. The summed E-state index contributed by atoms with van der Waals surface area (Å²) >= 11 is 0. The van der Waals surface area contributed by atoms with E-state index in [9.17, 15) is 0 Å². The Morgan fingerprint density at radius 3 is 0.467 bits per heavy atom. The molecule has 6 heteroatoms. The van der Waals surface area contributed by atoms with Gasteiger partial charge in [0.1, 0.15) is 0 Å². The second-order valence-corrected chi connectivity index (χ2v) is 5.64. The zero-order valence-corrected chi connectivity index (χ0v) is 18.9. The summed E-state index contributed by atoms with van der Waals surface area (Å²) in [6, 6.07) is 37.9. The van der Waals surface area contributed by atoms with Crippen molar-refractivity contribution in [3.05, 3.63) is 121 Å². The normalized spacial score (nSPS) is 8.00. The van der Waals surface area contributed by atoms with Crippen LogP contribution in [-0.4, -0.2) is 0 Å². The minimum absolute atomic E-state index is 0. The lowest BCUT2D eigenvalue weighted by atomic mass is 10.3. The van der Waals surface area contributed by atoms with Gasteiger partial charge in [-0.3, -0.25) is 0 Å². The highest BCUT2D eigenvalue weighted by Gasteiger charge is 1.74. The van der Waals surface area contributed by atoms with E-state index in [-0.39, 0.29) is 27.0 Å². The van der Waals surface area contributed by atoms with E-state index in [4.69, 9.17) is 22.9 Å². The van der Waals surface area contributed by atoms with Crippen LogP contribution >= 0.6 is 27.0 Å².